The molecule has 1 aromatic carbocycles. The lowest BCUT2D eigenvalue weighted by atomic mass is 10.1. The van der Waals surface area contributed by atoms with Crippen molar-refractivity contribution in [1.29, 1.82) is 0 Å². The van der Waals surface area contributed by atoms with Gasteiger partial charge in [0.1, 0.15) is 11.6 Å². The second-order valence-corrected chi connectivity index (χ2v) is 5.05. The summed E-state index contributed by atoms with van der Waals surface area (Å²) in [5.74, 6) is 2.35. The normalized spacial score (nSPS) is 10.9. The first kappa shape index (κ1) is 14.3. The third-order valence-corrected chi connectivity index (χ3v) is 3.73. The fourth-order valence-corrected chi connectivity index (χ4v) is 2.51. The lowest BCUT2D eigenvalue weighted by Gasteiger charge is -2.05. The van der Waals surface area contributed by atoms with E-state index in [4.69, 9.17) is 4.74 Å². The molecule has 0 saturated heterocycles. The van der Waals surface area contributed by atoms with Crippen LogP contribution in [0.4, 0.5) is 0 Å². The Labute approximate surface area is 129 Å². The van der Waals surface area contributed by atoms with Gasteiger partial charge in [-0.05, 0) is 19.9 Å². The highest BCUT2D eigenvalue weighted by molar-refractivity contribution is 5.56. The van der Waals surface area contributed by atoms with Crippen molar-refractivity contribution >= 4 is 0 Å². The summed E-state index contributed by atoms with van der Waals surface area (Å²) < 4.78 is 7.31. The summed E-state index contributed by atoms with van der Waals surface area (Å²) in [6.45, 7) is 4.93. The van der Waals surface area contributed by atoms with Crippen molar-refractivity contribution in [3.63, 3.8) is 0 Å². The molecule has 0 aliphatic carbocycles. The van der Waals surface area contributed by atoms with Gasteiger partial charge < -0.3 is 4.74 Å². The Morgan fingerprint density at radius 3 is 2.82 bits per heavy atom. The average molecular weight is 297 g/mol. The number of aryl methyl sites for hydroxylation is 1. The van der Waals surface area contributed by atoms with Crippen molar-refractivity contribution in [2.45, 2.75) is 26.8 Å². The van der Waals surface area contributed by atoms with Crippen LogP contribution >= 0.6 is 0 Å². The summed E-state index contributed by atoms with van der Waals surface area (Å²) >= 11 is 0. The van der Waals surface area contributed by atoms with E-state index in [9.17, 15) is 0 Å². The SMILES string of the molecule is CCn1ncc(-c2n[nH]c(Cc3ccccc3OC)n2)c1C. The highest BCUT2D eigenvalue weighted by Gasteiger charge is 2.13. The maximum absolute atomic E-state index is 5.37. The van der Waals surface area contributed by atoms with E-state index in [1.165, 1.54) is 0 Å². The number of ether oxygens (including phenoxy) is 1. The molecule has 0 radical (unpaired) electrons. The van der Waals surface area contributed by atoms with Crippen LogP contribution in [-0.4, -0.2) is 32.1 Å². The van der Waals surface area contributed by atoms with Crippen LogP contribution < -0.4 is 4.74 Å². The van der Waals surface area contributed by atoms with E-state index in [-0.39, 0.29) is 0 Å². The van der Waals surface area contributed by atoms with Crippen molar-refractivity contribution in [3.05, 3.63) is 47.5 Å². The molecule has 0 unspecified atom stereocenters. The Balaban J connectivity index is 1.86. The van der Waals surface area contributed by atoms with E-state index >= 15 is 0 Å². The number of rotatable bonds is 5. The van der Waals surface area contributed by atoms with E-state index in [1.54, 1.807) is 7.11 Å². The molecule has 0 amide bonds. The second-order valence-electron chi connectivity index (χ2n) is 5.05. The molecule has 0 saturated carbocycles. The number of methoxy groups -OCH3 is 1. The minimum absolute atomic E-state index is 0.651. The minimum Gasteiger partial charge on any atom is -0.496 e. The van der Waals surface area contributed by atoms with E-state index in [2.05, 4.69) is 27.2 Å². The largest absolute Gasteiger partial charge is 0.496 e. The third-order valence-electron chi connectivity index (χ3n) is 3.73. The molecule has 0 spiro atoms. The summed E-state index contributed by atoms with van der Waals surface area (Å²) in [7, 11) is 1.67. The van der Waals surface area contributed by atoms with Gasteiger partial charge >= 0.3 is 0 Å². The molecule has 0 bridgehead atoms. The first-order valence-corrected chi connectivity index (χ1v) is 7.29. The quantitative estimate of drug-likeness (QED) is 0.786. The molecule has 3 rings (SSSR count). The highest BCUT2D eigenvalue weighted by Crippen LogP contribution is 2.22. The van der Waals surface area contributed by atoms with Crippen LogP contribution in [0.2, 0.25) is 0 Å². The molecule has 6 heteroatoms. The minimum atomic E-state index is 0.651. The molecule has 6 nitrogen and oxygen atoms in total. The molecule has 2 heterocycles. The molecule has 0 atom stereocenters. The van der Waals surface area contributed by atoms with Gasteiger partial charge in [0.05, 0.1) is 18.9 Å². The van der Waals surface area contributed by atoms with E-state index in [1.807, 2.05) is 42.1 Å². The summed E-state index contributed by atoms with van der Waals surface area (Å²) in [5.41, 5.74) is 3.11. The van der Waals surface area contributed by atoms with Crippen LogP contribution in [0.3, 0.4) is 0 Å². The van der Waals surface area contributed by atoms with Gasteiger partial charge in [-0.25, -0.2) is 4.98 Å². The molecule has 114 valence electrons. The number of nitrogens with zero attached hydrogens (tertiary/aromatic N) is 4. The number of para-hydroxylation sites is 1. The predicted octanol–water partition coefficient (Wildman–Crippen LogP) is 2.60. The molecule has 0 aliphatic heterocycles. The molecule has 3 aromatic rings. The van der Waals surface area contributed by atoms with Crippen LogP contribution in [0.15, 0.2) is 30.5 Å². The number of H-pyrrole nitrogens is 1. The second kappa shape index (κ2) is 6.01. The Hall–Kier alpha value is -2.63. The van der Waals surface area contributed by atoms with Crippen LogP contribution in [0.25, 0.3) is 11.4 Å². The predicted molar refractivity (Wildman–Crippen MR) is 83.8 cm³/mol. The van der Waals surface area contributed by atoms with Crippen molar-refractivity contribution in [2.75, 3.05) is 7.11 Å². The zero-order valence-corrected chi connectivity index (χ0v) is 13.0. The smallest absolute Gasteiger partial charge is 0.184 e. The number of aromatic nitrogens is 5. The van der Waals surface area contributed by atoms with Crippen molar-refractivity contribution < 1.29 is 4.74 Å². The van der Waals surface area contributed by atoms with Gasteiger partial charge in [-0.3, -0.25) is 9.78 Å². The van der Waals surface area contributed by atoms with Crippen molar-refractivity contribution in [3.8, 4) is 17.1 Å². The molecule has 1 N–H and O–H groups in total. The van der Waals surface area contributed by atoms with E-state index in [0.29, 0.717) is 12.2 Å². The number of nitrogens with one attached hydrogen (secondary N) is 1. The molecule has 0 aliphatic rings. The van der Waals surface area contributed by atoms with Crippen LogP contribution in [0.1, 0.15) is 24.0 Å². The number of hydrogen-bond donors (Lipinski definition) is 1. The maximum Gasteiger partial charge on any atom is 0.184 e. The number of benzene rings is 1. The summed E-state index contributed by atoms with van der Waals surface area (Å²) in [5, 5.41) is 11.7. The Morgan fingerprint density at radius 2 is 2.09 bits per heavy atom. The van der Waals surface area contributed by atoms with Gasteiger partial charge in [-0.2, -0.15) is 10.2 Å². The molecular weight excluding hydrogens is 278 g/mol. The van der Waals surface area contributed by atoms with Crippen molar-refractivity contribution in [1.82, 2.24) is 25.0 Å². The van der Waals surface area contributed by atoms with Gasteiger partial charge in [-0.15, -0.1) is 0 Å². The maximum atomic E-state index is 5.37. The number of aromatic amines is 1. The van der Waals surface area contributed by atoms with Gasteiger partial charge in [0.15, 0.2) is 5.82 Å². The lowest BCUT2D eigenvalue weighted by molar-refractivity contribution is 0.410. The Bertz CT molecular complexity index is 774. The molecule has 22 heavy (non-hydrogen) atoms. The standard InChI is InChI=1S/C16H19N5O/c1-4-21-11(2)13(10-17-21)16-18-15(19-20-16)9-12-7-5-6-8-14(12)22-3/h5-8,10H,4,9H2,1-3H3,(H,18,19,20). The first-order valence-electron chi connectivity index (χ1n) is 7.29. The topological polar surface area (TPSA) is 68.6 Å². The fourth-order valence-electron chi connectivity index (χ4n) is 2.51. The summed E-state index contributed by atoms with van der Waals surface area (Å²) in [6.07, 6.45) is 2.47. The monoisotopic (exact) mass is 297 g/mol. The van der Waals surface area contributed by atoms with Crippen LogP contribution in [-0.2, 0) is 13.0 Å². The van der Waals surface area contributed by atoms with Gasteiger partial charge in [0.2, 0.25) is 0 Å². The Morgan fingerprint density at radius 1 is 1.27 bits per heavy atom. The van der Waals surface area contributed by atoms with E-state index < -0.39 is 0 Å². The zero-order valence-electron chi connectivity index (χ0n) is 13.0. The Kier molecular flexibility index (Phi) is 3.91. The van der Waals surface area contributed by atoms with Crippen LogP contribution in [0, 0.1) is 6.92 Å². The lowest BCUT2D eigenvalue weighted by Crippen LogP contribution is -1.98. The summed E-state index contributed by atoms with van der Waals surface area (Å²) in [6, 6.07) is 7.92. The van der Waals surface area contributed by atoms with E-state index in [0.717, 1.165) is 34.9 Å². The third kappa shape index (κ3) is 2.59. The van der Waals surface area contributed by atoms with Gasteiger partial charge in [0, 0.05) is 24.2 Å². The summed E-state index contributed by atoms with van der Waals surface area (Å²) in [4.78, 5) is 4.58. The van der Waals surface area contributed by atoms with Gasteiger partial charge in [0.25, 0.3) is 0 Å². The van der Waals surface area contributed by atoms with Crippen molar-refractivity contribution in [2.24, 2.45) is 0 Å². The fraction of sp³-hybridized carbons (Fsp3) is 0.312. The van der Waals surface area contributed by atoms with Crippen LogP contribution in [0.5, 0.6) is 5.75 Å². The molecular formula is C16H19N5O. The zero-order chi connectivity index (χ0) is 15.5. The average Bonchev–Trinajstić information content (AvgIpc) is 3.14. The molecule has 2 aromatic heterocycles. The first-order chi connectivity index (χ1) is 10.7. The highest BCUT2D eigenvalue weighted by atomic mass is 16.5. The van der Waals surface area contributed by atoms with Gasteiger partial charge in [-0.1, -0.05) is 18.2 Å². The molecule has 0 fully saturated rings. The number of hydrogen-bond acceptors (Lipinski definition) is 4.